The van der Waals surface area contributed by atoms with Gasteiger partial charge in [0.05, 0.1) is 0 Å². The van der Waals surface area contributed by atoms with Gasteiger partial charge in [-0.2, -0.15) is 0 Å². The highest BCUT2D eigenvalue weighted by Gasteiger charge is 2.27. The molecule has 1 aromatic carbocycles. The number of nitrogens with two attached hydrogens (primary N) is 1. The molecule has 1 aliphatic heterocycles. The number of rotatable bonds is 2. The summed E-state index contributed by atoms with van der Waals surface area (Å²) in [7, 11) is 0. The quantitative estimate of drug-likeness (QED) is 0.906. The van der Waals surface area contributed by atoms with E-state index in [-0.39, 0.29) is 0 Å². The molecule has 3 rings (SSSR count). The monoisotopic (exact) mass is 274 g/mol. The Labute approximate surface area is 119 Å². The standard InChI is InChI=1S/C16H22N2S/c1-11-10-18(8-7-14(11)17)12(2)16-9-13-5-3-4-6-15(13)19-16/h3-6,9,11-12,14H,7-8,10,17H2,1-2H3. The van der Waals surface area contributed by atoms with Gasteiger partial charge in [0, 0.05) is 34.8 Å². The molecule has 0 amide bonds. The molecule has 2 aromatic rings. The second-order valence-electron chi connectivity index (χ2n) is 5.79. The highest BCUT2D eigenvalue weighted by Crippen LogP contribution is 2.34. The van der Waals surface area contributed by atoms with Gasteiger partial charge in [-0.05, 0) is 36.8 Å². The number of thiophene rings is 1. The molecule has 1 fully saturated rings. The summed E-state index contributed by atoms with van der Waals surface area (Å²) in [6, 6.07) is 11.9. The van der Waals surface area contributed by atoms with Crippen molar-refractivity contribution in [1.82, 2.24) is 4.90 Å². The third-order valence-electron chi connectivity index (χ3n) is 4.41. The topological polar surface area (TPSA) is 29.3 Å². The van der Waals surface area contributed by atoms with Crippen molar-refractivity contribution in [3.8, 4) is 0 Å². The smallest absolute Gasteiger partial charge is 0.0413 e. The van der Waals surface area contributed by atoms with E-state index in [9.17, 15) is 0 Å². The SMILES string of the molecule is CC1CN(C(C)c2cc3ccccc3s2)CCC1N. The molecule has 0 spiro atoms. The Kier molecular flexibility index (Phi) is 3.61. The first kappa shape index (κ1) is 13.1. The van der Waals surface area contributed by atoms with E-state index in [1.54, 1.807) is 0 Å². The zero-order valence-electron chi connectivity index (χ0n) is 11.7. The first-order valence-corrected chi connectivity index (χ1v) is 7.95. The predicted octanol–water partition coefficient (Wildman–Crippen LogP) is 3.63. The van der Waals surface area contributed by atoms with Gasteiger partial charge in [-0.25, -0.2) is 0 Å². The average Bonchev–Trinajstić information content (AvgIpc) is 2.85. The Bertz CT molecular complexity index is 530. The molecular formula is C16H22N2S. The van der Waals surface area contributed by atoms with Crippen LogP contribution >= 0.6 is 11.3 Å². The Balaban J connectivity index is 1.81. The number of likely N-dealkylation sites (tertiary alicyclic amines) is 1. The molecule has 0 radical (unpaired) electrons. The highest BCUT2D eigenvalue weighted by molar-refractivity contribution is 7.19. The molecule has 0 bridgehead atoms. The molecule has 0 aliphatic carbocycles. The molecular weight excluding hydrogens is 252 g/mol. The van der Waals surface area contributed by atoms with Crippen LogP contribution in [0.1, 0.15) is 31.2 Å². The van der Waals surface area contributed by atoms with E-state index in [1.165, 1.54) is 15.0 Å². The lowest BCUT2D eigenvalue weighted by atomic mass is 9.93. The van der Waals surface area contributed by atoms with E-state index in [0.29, 0.717) is 18.0 Å². The minimum Gasteiger partial charge on any atom is -0.327 e. The molecule has 1 aromatic heterocycles. The Hall–Kier alpha value is -0.900. The largest absolute Gasteiger partial charge is 0.327 e. The Morgan fingerprint density at radius 1 is 1.37 bits per heavy atom. The number of hydrogen-bond donors (Lipinski definition) is 1. The van der Waals surface area contributed by atoms with Gasteiger partial charge in [-0.3, -0.25) is 4.90 Å². The highest BCUT2D eigenvalue weighted by atomic mass is 32.1. The fourth-order valence-corrected chi connectivity index (χ4v) is 4.09. The van der Waals surface area contributed by atoms with Gasteiger partial charge in [0.1, 0.15) is 0 Å². The Morgan fingerprint density at radius 2 is 2.16 bits per heavy atom. The van der Waals surface area contributed by atoms with Crippen molar-refractivity contribution in [2.75, 3.05) is 13.1 Å². The summed E-state index contributed by atoms with van der Waals surface area (Å²) in [5, 5.41) is 1.37. The van der Waals surface area contributed by atoms with Gasteiger partial charge in [0.2, 0.25) is 0 Å². The minimum absolute atomic E-state index is 0.380. The second kappa shape index (κ2) is 5.23. The summed E-state index contributed by atoms with van der Waals surface area (Å²) in [4.78, 5) is 4.06. The van der Waals surface area contributed by atoms with Gasteiger partial charge in [0.25, 0.3) is 0 Å². The van der Waals surface area contributed by atoms with Crippen molar-refractivity contribution in [2.24, 2.45) is 11.7 Å². The summed E-state index contributed by atoms with van der Waals surface area (Å²) in [6.07, 6.45) is 1.12. The lowest BCUT2D eigenvalue weighted by Crippen LogP contribution is -2.46. The predicted molar refractivity (Wildman–Crippen MR) is 83.6 cm³/mol. The van der Waals surface area contributed by atoms with Crippen molar-refractivity contribution in [3.63, 3.8) is 0 Å². The Morgan fingerprint density at radius 3 is 2.89 bits per heavy atom. The zero-order chi connectivity index (χ0) is 13.4. The van der Waals surface area contributed by atoms with E-state index < -0.39 is 0 Å². The maximum absolute atomic E-state index is 6.12. The molecule has 3 unspecified atom stereocenters. The molecule has 102 valence electrons. The van der Waals surface area contributed by atoms with Gasteiger partial charge in [-0.1, -0.05) is 25.1 Å². The number of benzene rings is 1. The normalized spacial score (nSPS) is 26.7. The lowest BCUT2D eigenvalue weighted by Gasteiger charge is -2.38. The van der Waals surface area contributed by atoms with Crippen LogP contribution in [-0.2, 0) is 0 Å². The van der Waals surface area contributed by atoms with Gasteiger partial charge < -0.3 is 5.73 Å². The van der Waals surface area contributed by atoms with Crippen molar-refractivity contribution in [3.05, 3.63) is 35.2 Å². The molecule has 2 heterocycles. The van der Waals surface area contributed by atoms with Crippen LogP contribution in [0, 0.1) is 5.92 Å². The van der Waals surface area contributed by atoms with Gasteiger partial charge in [0.15, 0.2) is 0 Å². The summed E-state index contributed by atoms with van der Waals surface area (Å²) < 4.78 is 1.39. The number of fused-ring (bicyclic) bond motifs is 1. The summed E-state index contributed by atoms with van der Waals surface area (Å²) >= 11 is 1.93. The van der Waals surface area contributed by atoms with Crippen molar-refractivity contribution >= 4 is 21.4 Å². The van der Waals surface area contributed by atoms with Crippen LogP contribution in [0.25, 0.3) is 10.1 Å². The van der Waals surface area contributed by atoms with E-state index in [1.807, 2.05) is 11.3 Å². The van der Waals surface area contributed by atoms with Crippen molar-refractivity contribution < 1.29 is 0 Å². The molecule has 19 heavy (non-hydrogen) atoms. The molecule has 2 N–H and O–H groups in total. The summed E-state index contributed by atoms with van der Waals surface area (Å²) in [5.41, 5.74) is 6.12. The van der Waals surface area contributed by atoms with E-state index in [4.69, 9.17) is 5.73 Å². The minimum atomic E-state index is 0.380. The molecule has 0 saturated carbocycles. The average molecular weight is 274 g/mol. The first-order chi connectivity index (χ1) is 9.15. The molecule has 1 saturated heterocycles. The molecule has 2 nitrogen and oxygen atoms in total. The number of nitrogens with zero attached hydrogens (tertiary/aromatic N) is 1. The maximum Gasteiger partial charge on any atom is 0.0413 e. The first-order valence-electron chi connectivity index (χ1n) is 7.13. The fraction of sp³-hybridized carbons (Fsp3) is 0.500. The number of piperidine rings is 1. The molecule has 3 heteroatoms. The van der Waals surface area contributed by atoms with Crippen LogP contribution in [0.2, 0.25) is 0 Å². The van der Waals surface area contributed by atoms with E-state index >= 15 is 0 Å². The molecule has 3 atom stereocenters. The third-order valence-corrected chi connectivity index (χ3v) is 5.69. The third kappa shape index (κ3) is 2.55. The van der Waals surface area contributed by atoms with Crippen LogP contribution in [0.15, 0.2) is 30.3 Å². The van der Waals surface area contributed by atoms with Gasteiger partial charge in [-0.15, -0.1) is 11.3 Å². The van der Waals surface area contributed by atoms with Crippen molar-refractivity contribution in [2.45, 2.75) is 32.4 Å². The number of hydrogen-bond acceptors (Lipinski definition) is 3. The van der Waals surface area contributed by atoms with Crippen molar-refractivity contribution in [1.29, 1.82) is 0 Å². The van der Waals surface area contributed by atoms with E-state index in [2.05, 4.69) is 49.1 Å². The summed E-state index contributed by atoms with van der Waals surface area (Å²) in [5.74, 6) is 0.602. The maximum atomic E-state index is 6.12. The summed E-state index contributed by atoms with van der Waals surface area (Å²) in [6.45, 7) is 6.85. The lowest BCUT2D eigenvalue weighted by molar-refractivity contribution is 0.126. The van der Waals surface area contributed by atoms with Crippen LogP contribution < -0.4 is 5.73 Å². The van der Waals surface area contributed by atoms with Crippen LogP contribution in [0.4, 0.5) is 0 Å². The fourth-order valence-electron chi connectivity index (χ4n) is 2.94. The van der Waals surface area contributed by atoms with Crippen LogP contribution in [-0.4, -0.2) is 24.0 Å². The molecule has 1 aliphatic rings. The van der Waals surface area contributed by atoms with Gasteiger partial charge >= 0.3 is 0 Å². The van der Waals surface area contributed by atoms with Crippen LogP contribution in [0.3, 0.4) is 0 Å². The van der Waals surface area contributed by atoms with Crippen LogP contribution in [0.5, 0.6) is 0 Å². The zero-order valence-corrected chi connectivity index (χ0v) is 12.5. The van der Waals surface area contributed by atoms with E-state index in [0.717, 1.165) is 19.5 Å². The second-order valence-corrected chi connectivity index (χ2v) is 6.90.